The van der Waals surface area contributed by atoms with Crippen LogP contribution in [0.15, 0.2) is 18.5 Å². The Bertz CT molecular complexity index is 378. The first kappa shape index (κ1) is 12.7. The molecule has 0 spiro atoms. The van der Waals surface area contributed by atoms with Gasteiger partial charge in [-0.15, -0.1) is 0 Å². The fourth-order valence-electron chi connectivity index (χ4n) is 2.57. The minimum atomic E-state index is 0.537. The van der Waals surface area contributed by atoms with Crippen LogP contribution in [0.1, 0.15) is 42.9 Å². The summed E-state index contributed by atoms with van der Waals surface area (Å²) in [6, 6.07) is 2.80. The molecule has 2 heterocycles. The average molecular weight is 248 g/mol. The summed E-state index contributed by atoms with van der Waals surface area (Å²) in [4.78, 5) is 6.81. The summed E-state index contributed by atoms with van der Waals surface area (Å²) in [6.07, 6.45) is 10.0. The molecule has 0 saturated carbocycles. The Balaban J connectivity index is 2.18. The van der Waals surface area contributed by atoms with Gasteiger partial charge in [-0.3, -0.25) is 9.88 Å². The van der Waals surface area contributed by atoms with Gasteiger partial charge in [0.2, 0.25) is 0 Å². The molecule has 17 heavy (non-hydrogen) atoms. The Morgan fingerprint density at radius 3 is 3.12 bits per heavy atom. The Kier molecular flexibility index (Phi) is 4.63. The maximum atomic E-state index is 4.92. The lowest BCUT2D eigenvalue weighted by Gasteiger charge is -2.26. The molecular formula is C14H20N2S. The van der Waals surface area contributed by atoms with Gasteiger partial charge >= 0.3 is 0 Å². The van der Waals surface area contributed by atoms with Crippen molar-refractivity contribution in [3.63, 3.8) is 0 Å². The SMILES string of the molecule is CN1CCCCC[C@@H]1c1cncc(CC=S)c1. The van der Waals surface area contributed by atoms with Gasteiger partial charge in [-0.2, -0.15) is 0 Å². The number of pyridine rings is 1. The minimum Gasteiger partial charge on any atom is -0.299 e. The van der Waals surface area contributed by atoms with E-state index in [2.05, 4.69) is 23.0 Å². The molecule has 0 unspecified atom stereocenters. The summed E-state index contributed by atoms with van der Waals surface area (Å²) in [5, 5.41) is 1.78. The zero-order valence-corrected chi connectivity index (χ0v) is 11.2. The molecule has 1 saturated heterocycles. The van der Waals surface area contributed by atoms with E-state index in [0.29, 0.717) is 6.04 Å². The Morgan fingerprint density at radius 2 is 2.29 bits per heavy atom. The monoisotopic (exact) mass is 248 g/mol. The van der Waals surface area contributed by atoms with Gasteiger partial charge in [-0.25, -0.2) is 0 Å². The highest BCUT2D eigenvalue weighted by atomic mass is 32.1. The molecule has 1 aliphatic rings. The highest BCUT2D eigenvalue weighted by Gasteiger charge is 2.19. The van der Waals surface area contributed by atoms with Crippen molar-refractivity contribution in [3.05, 3.63) is 29.6 Å². The van der Waals surface area contributed by atoms with Crippen molar-refractivity contribution in [3.8, 4) is 0 Å². The molecule has 1 aromatic heterocycles. The summed E-state index contributed by atoms with van der Waals surface area (Å²) >= 11 is 4.92. The fourth-order valence-corrected chi connectivity index (χ4v) is 2.76. The molecule has 0 amide bonds. The zero-order chi connectivity index (χ0) is 12.1. The van der Waals surface area contributed by atoms with E-state index in [1.165, 1.54) is 43.4 Å². The molecule has 0 bridgehead atoms. The molecule has 0 aliphatic carbocycles. The standard InChI is InChI=1S/C14H20N2S/c1-16-7-4-2-3-5-14(16)13-9-12(6-8-17)10-15-11-13/h8-11,14H,2-7H2,1H3/t14-/m1/s1. The molecule has 2 nitrogen and oxygen atoms in total. The van der Waals surface area contributed by atoms with E-state index in [4.69, 9.17) is 12.2 Å². The van der Waals surface area contributed by atoms with Gasteiger partial charge in [0.1, 0.15) is 0 Å². The highest BCUT2D eigenvalue weighted by molar-refractivity contribution is 7.78. The van der Waals surface area contributed by atoms with Crippen LogP contribution >= 0.6 is 12.2 Å². The first-order valence-corrected chi connectivity index (χ1v) is 6.86. The van der Waals surface area contributed by atoms with Crippen LogP contribution in [0.3, 0.4) is 0 Å². The minimum absolute atomic E-state index is 0.537. The normalized spacial score (nSPS) is 22.1. The number of nitrogens with zero attached hydrogens (tertiary/aromatic N) is 2. The number of aromatic nitrogens is 1. The van der Waals surface area contributed by atoms with Gasteiger partial charge in [-0.05, 0) is 42.9 Å². The summed E-state index contributed by atoms with van der Waals surface area (Å²) in [6.45, 7) is 1.20. The number of hydrogen-bond donors (Lipinski definition) is 0. The highest BCUT2D eigenvalue weighted by Crippen LogP contribution is 2.28. The molecular weight excluding hydrogens is 228 g/mol. The van der Waals surface area contributed by atoms with Gasteiger partial charge < -0.3 is 0 Å². The second-order valence-electron chi connectivity index (χ2n) is 4.84. The Labute approximate surface area is 109 Å². The van der Waals surface area contributed by atoms with E-state index < -0.39 is 0 Å². The van der Waals surface area contributed by atoms with Crippen LogP contribution in [0.2, 0.25) is 0 Å². The second-order valence-corrected chi connectivity index (χ2v) is 5.18. The molecule has 0 aromatic carbocycles. The lowest BCUT2D eigenvalue weighted by atomic mass is 10.0. The zero-order valence-electron chi connectivity index (χ0n) is 10.4. The summed E-state index contributed by atoms with van der Waals surface area (Å²) < 4.78 is 0. The van der Waals surface area contributed by atoms with Gasteiger partial charge in [0.05, 0.1) is 0 Å². The van der Waals surface area contributed by atoms with Crippen LogP contribution in [0.25, 0.3) is 0 Å². The van der Waals surface area contributed by atoms with Gasteiger partial charge in [0.25, 0.3) is 0 Å². The topological polar surface area (TPSA) is 16.1 Å². The van der Waals surface area contributed by atoms with Gasteiger partial charge in [0.15, 0.2) is 0 Å². The van der Waals surface area contributed by atoms with Crippen molar-refractivity contribution in [2.24, 2.45) is 0 Å². The van der Waals surface area contributed by atoms with E-state index in [-0.39, 0.29) is 0 Å². The molecule has 1 atom stereocenters. The first-order chi connectivity index (χ1) is 8.31. The van der Waals surface area contributed by atoms with Crippen LogP contribution in [0, 0.1) is 0 Å². The lowest BCUT2D eigenvalue weighted by molar-refractivity contribution is 0.250. The van der Waals surface area contributed by atoms with Crippen LogP contribution in [-0.2, 0) is 6.42 Å². The van der Waals surface area contributed by atoms with E-state index in [0.717, 1.165) is 6.42 Å². The molecule has 0 N–H and O–H groups in total. The van der Waals surface area contributed by atoms with Crippen LogP contribution < -0.4 is 0 Å². The average Bonchev–Trinajstić information content (AvgIpc) is 2.55. The van der Waals surface area contributed by atoms with Crippen LogP contribution in [-0.4, -0.2) is 28.8 Å². The van der Waals surface area contributed by atoms with E-state index in [1.807, 2.05) is 12.4 Å². The lowest BCUT2D eigenvalue weighted by Crippen LogP contribution is -2.24. The third kappa shape index (κ3) is 3.33. The Hall–Kier alpha value is -0.800. The third-order valence-corrected chi connectivity index (χ3v) is 3.71. The number of likely N-dealkylation sites (tertiary alicyclic amines) is 1. The van der Waals surface area contributed by atoms with Crippen molar-refractivity contribution in [1.82, 2.24) is 9.88 Å². The number of thiocarbonyl (C=S) groups is 1. The second kappa shape index (κ2) is 6.22. The largest absolute Gasteiger partial charge is 0.299 e. The van der Waals surface area contributed by atoms with Crippen molar-refractivity contribution in [2.45, 2.75) is 38.1 Å². The molecule has 3 heteroatoms. The van der Waals surface area contributed by atoms with Crippen molar-refractivity contribution >= 4 is 17.6 Å². The summed E-state index contributed by atoms with van der Waals surface area (Å²) in [5.74, 6) is 0. The molecule has 0 radical (unpaired) electrons. The molecule has 1 fully saturated rings. The van der Waals surface area contributed by atoms with Crippen LogP contribution in [0.5, 0.6) is 0 Å². The third-order valence-electron chi connectivity index (χ3n) is 3.54. The first-order valence-electron chi connectivity index (χ1n) is 6.39. The van der Waals surface area contributed by atoms with Gasteiger partial charge in [0, 0.05) is 24.9 Å². The predicted octanol–water partition coefficient (Wildman–Crippen LogP) is 3.17. The number of rotatable bonds is 3. The van der Waals surface area contributed by atoms with Gasteiger partial charge in [-0.1, -0.05) is 31.1 Å². The van der Waals surface area contributed by atoms with Crippen molar-refractivity contribution < 1.29 is 0 Å². The summed E-state index contributed by atoms with van der Waals surface area (Å²) in [7, 11) is 2.22. The molecule has 2 rings (SSSR count). The molecule has 92 valence electrons. The number of hydrogen-bond acceptors (Lipinski definition) is 3. The van der Waals surface area contributed by atoms with E-state index in [9.17, 15) is 0 Å². The van der Waals surface area contributed by atoms with E-state index >= 15 is 0 Å². The molecule has 1 aliphatic heterocycles. The van der Waals surface area contributed by atoms with Crippen molar-refractivity contribution in [1.29, 1.82) is 0 Å². The predicted molar refractivity (Wildman–Crippen MR) is 75.4 cm³/mol. The maximum absolute atomic E-state index is 4.92. The quantitative estimate of drug-likeness (QED) is 0.764. The molecule has 1 aromatic rings. The van der Waals surface area contributed by atoms with E-state index in [1.54, 1.807) is 5.37 Å². The summed E-state index contributed by atoms with van der Waals surface area (Å²) in [5.41, 5.74) is 2.58. The fraction of sp³-hybridized carbons (Fsp3) is 0.571. The smallest absolute Gasteiger partial charge is 0.0360 e. The van der Waals surface area contributed by atoms with Crippen molar-refractivity contribution in [2.75, 3.05) is 13.6 Å². The Morgan fingerprint density at radius 1 is 1.41 bits per heavy atom. The van der Waals surface area contributed by atoms with Crippen LogP contribution in [0.4, 0.5) is 0 Å². The maximum Gasteiger partial charge on any atom is 0.0360 e.